The van der Waals surface area contributed by atoms with Gasteiger partial charge in [-0.2, -0.15) is 0 Å². The molecule has 1 amide bonds. The number of carbonyl (C=O) groups is 1. The molecule has 31 heavy (non-hydrogen) atoms. The summed E-state index contributed by atoms with van der Waals surface area (Å²) in [6.45, 7) is 1.06. The Morgan fingerprint density at radius 3 is 2.42 bits per heavy atom. The van der Waals surface area contributed by atoms with Crippen LogP contribution in [-0.2, 0) is 31.1 Å². The highest BCUT2D eigenvalue weighted by Gasteiger charge is 2.28. The van der Waals surface area contributed by atoms with E-state index in [2.05, 4.69) is 0 Å². The van der Waals surface area contributed by atoms with Crippen LogP contribution in [0, 0.1) is 0 Å². The maximum Gasteiger partial charge on any atom is 0.250 e. The number of hydrogen-bond donors (Lipinski definition) is 0. The second-order valence-corrected chi connectivity index (χ2v) is 11.9. The molecule has 2 aliphatic rings. The minimum atomic E-state index is -3.30. The normalized spacial score (nSPS) is 18.4. The molecule has 164 valence electrons. The molecule has 2 aromatic rings. The maximum atomic E-state index is 12.8. The van der Waals surface area contributed by atoms with Crippen LogP contribution in [-0.4, -0.2) is 47.8 Å². The third-order valence-corrected chi connectivity index (χ3v) is 8.54. The molecule has 0 radical (unpaired) electrons. The predicted molar refractivity (Wildman–Crippen MR) is 121 cm³/mol. The van der Waals surface area contributed by atoms with Crippen LogP contribution in [0.25, 0.3) is 6.08 Å². The van der Waals surface area contributed by atoms with Gasteiger partial charge in [0.15, 0.2) is 9.84 Å². The summed E-state index contributed by atoms with van der Waals surface area (Å²) in [4.78, 5) is 14.7. The van der Waals surface area contributed by atoms with Crippen LogP contribution in [0.5, 0.6) is 0 Å². The van der Waals surface area contributed by atoms with E-state index in [1.807, 2.05) is 0 Å². The Morgan fingerprint density at radius 2 is 1.77 bits per heavy atom. The number of sulfonamides is 1. The minimum absolute atomic E-state index is 0.173. The average Bonchev–Trinajstić information content (AvgIpc) is 3.09. The molecule has 0 saturated carbocycles. The van der Waals surface area contributed by atoms with Crippen molar-refractivity contribution in [1.29, 1.82) is 0 Å². The molecular weight excluding hydrogens is 436 g/mol. The molecule has 0 aliphatic carbocycles. The fraction of sp³-hybridized carbons (Fsp3) is 0.318. The van der Waals surface area contributed by atoms with Crippen molar-refractivity contribution in [2.75, 3.05) is 34.3 Å². The number of anilines is 2. The van der Waals surface area contributed by atoms with E-state index in [0.717, 1.165) is 29.7 Å². The van der Waals surface area contributed by atoms with E-state index in [0.29, 0.717) is 25.2 Å². The first-order valence-electron chi connectivity index (χ1n) is 10.1. The summed E-state index contributed by atoms with van der Waals surface area (Å²) in [5.41, 5.74) is 3.01. The van der Waals surface area contributed by atoms with Gasteiger partial charge in [0.1, 0.15) is 0 Å². The summed E-state index contributed by atoms with van der Waals surface area (Å²) in [7, 11) is -6.51. The third-order valence-electron chi connectivity index (χ3n) is 5.56. The molecular formula is C22H24N2O5S2. The fourth-order valence-corrected chi connectivity index (χ4v) is 6.21. The van der Waals surface area contributed by atoms with E-state index in [1.165, 1.54) is 22.7 Å². The lowest BCUT2D eigenvalue weighted by atomic mass is 10.0. The Labute approximate surface area is 183 Å². The van der Waals surface area contributed by atoms with Gasteiger partial charge in [0.2, 0.25) is 10.0 Å². The van der Waals surface area contributed by atoms with Crippen molar-refractivity contribution in [3.8, 4) is 0 Å². The molecule has 1 saturated heterocycles. The van der Waals surface area contributed by atoms with Crippen LogP contribution in [0.4, 0.5) is 11.4 Å². The first-order chi connectivity index (χ1) is 14.6. The smallest absolute Gasteiger partial charge is 0.250 e. The van der Waals surface area contributed by atoms with Gasteiger partial charge in [-0.1, -0.05) is 12.1 Å². The van der Waals surface area contributed by atoms with Crippen molar-refractivity contribution in [2.24, 2.45) is 0 Å². The van der Waals surface area contributed by atoms with Gasteiger partial charge >= 0.3 is 0 Å². The predicted octanol–water partition coefficient (Wildman–Crippen LogP) is 2.62. The highest BCUT2D eigenvalue weighted by molar-refractivity contribution is 7.93. The molecule has 0 N–H and O–H groups in total. The Morgan fingerprint density at radius 1 is 1.03 bits per heavy atom. The lowest BCUT2D eigenvalue weighted by Crippen LogP contribution is -2.34. The molecule has 1 fully saturated rings. The van der Waals surface area contributed by atoms with E-state index in [-0.39, 0.29) is 16.6 Å². The largest absolute Gasteiger partial charge is 0.309 e. The van der Waals surface area contributed by atoms with Crippen molar-refractivity contribution >= 4 is 43.2 Å². The number of rotatable bonds is 4. The Kier molecular flexibility index (Phi) is 5.65. The van der Waals surface area contributed by atoms with Crippen molar-refractivity contribution in [1.82, 2.24) is 0 Å². The second kappa shape index (κ2) is 8.12. The van der Waals surface area contributed by atoms with Gasteiger partial charge in [-0.15, -0.1) is 0 Å². The quantitative estimate of drug-likeness (QED) is 0.654. The van der Waals surface area contributed by atoms with Gasteiger partial charge in [-0.05, 0) is 66.8 Å². The number of fused-ring (bicyclic) bond motifs is 1. The zero-order valence-corrected chi connectivity index (χ0v) is 18.8. The SMILES string of the molecule is CS(=O)(=O)c1ccc2c(c1)CCCN2C(=O)/C=C/c1ccc(N2CCCS2(=O)=O)cc1. The van der Waals surface area contributed by atoms with Crippen LogP contribution < -0.4 is 9.21 Å². The third kappa shape index (κ3) is 4.52. The minimum Gasteiger partial charge on any atom is -0.309 e. The van der Waals surface area contributed by atoms with Gasteiger partial charge < -0.3 is 4.90 Å². The van der Waals surface area contributed by atoms with Crippen LogP contribution in [0.2, 0.25) is 0 Å². The number of benzene rings is 2. The molecule has 0 spiro atoms. The van der Waals surface area contributed by atoms with Crippen molar-refractivity contribution in [3.63, 3.8) is 0 Å². The number of aryl methyl sites for hydroxylation is 1. The zero-order chi connectivity index (χ0) is 22.2. The Bertz CT molecular complexity index is 1250. The highest BCUT2D eigenvalue weighted by atomic mass is 32.2. The van der Waals surface area contributed by atoms with E-state index < -0.39 is 19.9 Å². The maximum absolute atomic E-state index is 12.8. The molecule has 9 heteroatoms. The zero-order valence-electron chi connectivity index (χ0n) is 17.2. The summed E-state index contributed by atoms with van der Waals surface area (Å²) >= 11 is 0. The van der Waals surface area contributed by atoms with Crippen LogP contribution in [0.1, 0.15) is 24.0 Å². The summed E-state index contributed by atoms with van der Waals surface area (Å²) in [5, 5.41) is 0. The number of sulfone groups is 1. The van der Waals surface area contributed by atoms with Crippen molar-refractivity contribution < 1.29 is 21.6 Å². The molecule has 4 rings (SSSR count). The molecule has 2 aromatic carbocycles. The van der Waals surface area contributed by atoms with Crippen LogP contribution >= 0.6 is 0 Å². The molecule has 7 nitrogen and oxygen atoms in total. The monoisotopic (exact) mass is 460 g/mol. The number of hydrogen-bond acceptors (Lipinski definition) is 5. The summed E-state index contributed by atoms with van der Waals surface area (Å²) < 4.78 is 49.1. The summed E-state index contributed by atoms with van der Waals surface area (Å²) in [5.74, 6) is -0.00849. The van der Waals surface area contributed by atoms with Crippen molar-refractivity contribution in [3.05, 3.63) is 59.7 Å². The molecule has 0 atom stereocenters. The molecule has 0 aromatic heterocycles. The average molecular weight is 461 g/mol. The van der Waals surface area contributed by atoms with Crippen LogP contribution in [0.15, 0.2) is 53.4 Å². The Balaban J connectivity index is 1.50. The second-order valence-electron chi connectivity index (χ2n) is 7.82. The van der Waals surface area contributed by atoms with E-state index in [9.17, 15) is 21.6 Å². The van der Waals surface area contributed by atoms with Gasteiger partial charge in [-0.25, -0.2) is 16.8 Å². The standard InChI is InChI=1S/C22H24N2O5S2/c1-30(26,27)20-10-11-21-18(16-20)4-2-13-23(21)22(25)12-7-17-5-8-19(9-6-17)24-14-3-15-31(24,28)29/h5-12,16H,2-4,13-15H2,1H3/b12-7+. The lowest BCUT2D eigenvalue weighted by molar-refractivity contribution is -0.114. The number of carbonyl (C=O) groups excluding carboxylic acids is 1. The number of nitrogens with zero attached hydrogens (tertiary/aromatic N) is 2. The van der Waals surface area contributed by atoms with Crippen LogP contribution in [0.3, 0.4) is 0 Å². The Hall–Kier alpha value is -2.65. The fourth-order valence-electron chi connectivity index (χ4n) is 3.97. The van der Waals surface area contributed by atoms with Gasteiger partial charge in [0.25, 0.3) is 5.91 Å². The first-order valence-corrected chi connectivity index (χ1v) is 13.6. The molecule has 0 bridgehead atoms. The summed E-state index contributed by atoms with van der Waals surface area (Å²) in [6, 6.07) is 12.0. The van der Waals surface area contributed by atoms with E-state index in [4.69, 9.17) is 0 Å². The van der Waals surface area contributed by atoms with E-state index in [1.54, 1.807) is 47.4 Å². The van der Waals surface area contributed by atoms with Gasteiger partial charge in [-0.3, -0.25) is 9.10 Å². The molecule has 0 unspecified atom stereocenters. The highest BCUT2D eigenvalue weighted by Crippen LogP contribution is 2.30. The molecule has 2 aliphatic heterocycles. The van der Waals surface area contributed by atoms with Crippen molar-refractivity contribution in [2.45, 2.75) is 24.2 Å². The lowest BCUT2D eigenvalue weighted by Gasteiger charge is -2.29. The topological polar surface area (TPSA) is 91.8 Å². The first kappa shape index (κ1) is 21.6. The number of amides is 1. The summed E-state index contributed by atoms with van der Waals surface area (Å²) in [6.07, 6.45) is 6.48. The van der Waals surface area contributed by atoms with Gasteiger partial charge in [0.05, 0.1) is 16.3 Å². The van der Waals surface area contributed by atoms with Gasteiger partial charge in [0, 0.05) is 31.1 Å². The van der Waals surface area contributed by atoms with E-state index >= 15 is 0 Å². The molecule has 2 heterocycles.